The topological polar surface area (TPSA) is 49.7 Å². The third kappa shape index (κ3) is 1.72. The van der Waals surface area contributed by atoms with Crippen molar-refractivity contribution < 1.29 is 14.9 Å². The fourth-order valence-electron chi connectivity index (χ4n) is 1.09. The van der Waals surface area contributed by atoms with Crippen LogP contribution in [0.4, 0.5) is 0 Å². The normalized spacial score (nSPS) is 23.7. The lowest BCUT2D eigenvalue weighted by molar-refractivity contribution is -0.130. The Labute approximate surface area is 59.9 Å². The molecule has 1 rings (SSSR count). The van der Waals surface area contributed by atoms with E-state index in [-0.39, 0.29) is 0 Å². The van der Waals surface area contributed by atoms with E-state index in [2.05, 4.69) is 0 Å². The maximum absolute atomic E-state index is 9.08. The van der Waals surface area contributed by atoms with E-state index in [9.17, 15) is 0 Å². The first-order valence-corrected chi connectivity index (χ1v) is 3.34. The minimum absolute atomic E-state index is 0.403. The van der Waals surface area contributed by atoms with Crippen molar-refractivity contribution in [2.45, 2.75) is 25.0 Å². The van der Waals surface area contributed by atoms with E-state index in [1.807, 2.05) is 0 Å². The van der Waals surface area contributed by atoms with Gasteiger partial charge in [-0.25, -0.2) is 0 Å². The summed E-state index contributed by atoms with van der Waals surface area (Å²) in [5.74, 6) is -0.972. The summed E-state index contributed by atoms with van der Waals surface area (Å²) in [7, 11) is 1.53. The highest BCUT2D eigenvalue weighted by atomic mass is 16.5. The molecule has 0 unspecified atom stereocenters. The maximum atomic E-state index is 9.08. The molecule has 0 radical (unpaired) electrons. The largest absolute Gasteiger partial charge is 0.501 e. The summed E-state index contributed by atoms with van der Waals surface area (Å²) in [4.78, 5) is 0. The molecule has 1 aliphatic rings. The van der Waals surface area contributed by atoms with E-state index in [1.54, 1.807) is 0 Å². The van der Waals surface area contributed by atoms with Gasteiger partial charge in [-0.2, -0.15) is 0 Å². The van der Waals surface area contributed by atoms with Crippen LogP contribution in [0.15, 0.2) is 11.8 Å². The van der Waals surface area contributed by atoms with Crippen molar-refractivity contribution in [3.63, 3.8) is 0 Å². The number of allylic oxidation sites excluding steroid dienone is 1. The highest BCUT2D eigenvalue weighted by Crippen LogP contribution is 2.24. The predicted octanol–water partition coefficient (Wildman–Crippen LogP) is 0.381. The van der Waals surface area contributed by atoms with E-state index in [0.717, 1.165) is 12.8 Å². The minimum Gasteiger partial charge on any atom is -0.501 e. The Morgan fingerprint density at radius 1 is 1.60 bits per heavy atom. The molecule has 58 valence electrons. The van der Waals surface area contributed by atoms with Gasteiger partial charge in [-0.3, -0.25) is 0 Å². The molecule has 0 aromatic heterocycles. The molecular formula is C7H12O3. The first-order chi connectivity index (χ1) is 4.64. The molecule has 1 aliphatic carbocycles. The molecule has 0 aromatic carbocycles. The fourth-order valence-corrected chi connectivity index (χ4v) is 1.09. The Morgan fingerprint density at radius 2 is 2.30 bits per heavy atom. The lowest BCUT2D eigenvalue weighted by Crippen LogP contribution is -2.28. The monoisotopic (exact) mass is 144 g/mol. The number of ether oxygens (including phenoxy) is 1. The van der Waals surface area contributed by atoms with Crippen LogP contribution in [0, 0.1) is 0 Å². The van der Waals surface area contributed by atoms with Crippen molar-refractivity contribution in [1.29, 1.82) is 0 Å². The Hall–Kier alpha value is -0.540. The van der Waals surface area contributed by atoms with Gasteiger partial charge in [-0.15, -0.1) is 0 Å². The van der Waals surface area contributed by atoms with Crippen LogP contribution >= 0.6 is 0 Å². The van der Waals surface area contributed by atoms with Crippen LogP contribution in [0.1, 0.15) is 19.3 Å². The van der Waals surface area contributed by atoms with Crippen LogP contribution in [-0.2, 0) is 4.74 Å². The fraction of sp³-hybridized carbons (Fsp3) is 0.714. The van der Waals surface area contributed by atoms with Crippen molar-refractivity contribution in [3.8, 4) is 0 Å². The molecular weight excluding hydrogens is 132 g/mol. The molecule has 0 fully saturated rings. The lowest BCUT2D eigenvalue weighted by atomic mass is 10.0. The summed E-state index contributed by atoms with van der Waals surface area (Å²) in [5, 5.41) is 18.2. The van der Waals surface area contributed by atoms with E-state index < -0.39 is 5.79 Å². The Kier molecular flexibility index (Phi) is 1.97. The van der Waals surface area contributed by atoms with Crippen LogP contribution in [0.5, 0.6) is 0 Å². The van der Waals surface area contributed by atoms with Crippen LogP contribution in [-0.4, -0.2) is 23.1 Å². The number of hydrogen-bond acceptors (Lipinski definition) is 3. The highest BCUT2D eigenvalue weighted by molar-refractivity contribution is 5.05. The molecule has 0 atom stereocenters. The number of hydrogen-bond donors (Lipinski definition) is 2. The quantitative estimate of drug-likeness (QED) is 0.523. The third-order valence-corrected chi connectivity index (χ3v) is 1.62. The highest BCUT2D eigenvalue weighted by Gasteiger charge is 2.24. The van der Waals surface area contributed by atoms with Crippen molar-refractivity contribution in [1.82, 2.24) is 0 Å². The summed E-state index contributed by atoms with van der Waals surface area (Å²) in [6.45, 7) is 0. The summed E-state index contributed by atoms with van der Waals surface area (Å²) >= 11 is 0. The average molecular weight is 144 g/mol. The molecule has 0 saturated carbocycles. The van der Waals surface area contributed by atoms with E-state index in [0.29, 0.717) is 12.2 Å². The molecule has 3 heteroatoms. The van der Waals surface area contributed by atoms with E-state index in [1.165, 1.54) is 13.2 Å². The molecule has 2 N–H and O–H groups in total. The van der Waals surface area contributed by atoms with Gasteiger partial charge in [0.2, 0.25) is 0 Å². The summed E-state index contributed by atoms with van der Waals surface area (Å²) in [5.41, 5.74) is 0. The second-order valence-electron chi connectivity index (χ2n) is 2.55. The van der Waals surface area contributed by atoms with Gasteiger partial charge < -0.3 is 14.9 Å². The molecule has 0 spiro atoms. The van der Waals surface area contributed by atoms with Gasteiger partial charge >= 0.3 is 0 Å². The van der Waals surface area contributed by atoms with Crippen LogP contribution in [0.25, 0.3) is 0 Å². The van der Waals surface area contributed by atoms with Gasteiger partial charge in [-0.1, -0.05) is 0 Å². The second-order valence-corrected chi connectivity index (χ2v) is 2.55. The second kappa shape index (κ2) is 2.60. The van der Waals surface area contributed by atoms with Crippen LogP contribution in [0.3, 0.4) is 0 Å². The van der Waals surface area contributed by atoms with E-state index >= 15 is 0 Å². The molecule has 0 aromatic rings. The zero-order valence-corrected chi connectivity index (χ0v) is 6.00. The Morgan fingerprint density at radius 3 is 2.70 bits per heavy atom. The Balaban J connectivity index is 2.66. The number of aliphatic hydroxyl groups is 2. The summed E-state index contributed by atoms with van der Waals surface area (Å²) in [6, 6.07) is 0. The Bertz CT molecular complexity index is 149. The van der Waals surface area contributed by atoms with Gasteiger partial charge in [-0.05, 0) is 6.42 Å². The van der Waals surface area contributed by atoms with Crippen LogP contribution < -0.4 is 0 Å². The minimum atomic E-state index is -1.64. The summed E-state index contributed by atoms with van der Waals surface area (Å²) in [6.07, 6.45) is 3.34. The zero-order chi connectivity index (χ0) is 7.61. The molecule has 10 heavy (non-hydrogen) atoms. The van der Waals surface area contributed by atoms with Gasteiger partial charge in [0.05, 0.1) is 12.9 Å². The zero-order valence-electron chi connectivity index (χ0n) is 6.00. The maximum Gasteiger partial charge on any atom is 0.186 e. The molecule has 0 amide bonds. The molecule has 0 heterocycles. The lowest BCUT2D eigenvalue weighted by Gasteiger charge is -2.23. The number of methoxy groups -OCH3 is 1. The van der Waals surface area contributed by atoms with Gasteiger partial charge in [0.25, 0.3) is 0 Å². The van der Waals surface area contributed by atoms with E-state index in [4.69, 9.17) is 14.9 Å². The first-order valence-electron chi connectivity index (χ1n) is 3.34. The number of rotatable bonds is 1. The smallest absolute Gasteiger partial charge is 0.186 e. The molecule has 0 aliphatic heterocycles. The first kappa shape index (κ1) is 7.57. The van der Waals surface area contributed by atoms with Gasteiger partial charge in [0.15, 0.2) is 5.79 Å². The SMILES string of the molecule is COC1=CC(O)(O)CCC1. The predicted molar refractivity (Wildman–Crippen MR) is 36.1 cm³/mol. The third-order valence-electron chi connectivity index (χ3n) is 1.62. The van der Waals surface area contributed by atoms with Crippen molar-refractivity contribution >= 4 is 0 Å². The standard InChI is InChI=1S/C7H12O3/c1-10-6-3-2-4-7(8,9)5-6/h5,8-9H,2-4H2,1H3. The van der Waals surface area contributed by atoms with Crippen molar-refractivity contribution in [2.24, 2.45) is 0 Å². The molecule has 0 saturated heterocycles. The average Bonchev–Trinajstić information content (AvgIpc) is 1.86. The van der Waals surface area contributed by atoms with Gasteiger partial charge in [0, 0.05) is 18.9 Å². The van der Waals surface area contributed by atoms with Crippen molar-refractivity contribution in [3.05, 3.63) is 11.8 Å². The molecule has 3 nitrogen and oxygen atoms in total. The molecule has 0 bridgehead atoms. The summed E-state index contributed by atoms with van der Waals surface area (Å²) < 4.78 is 4.87. The van der Waals surface area contributed by atoms with Crippen LogP contribution in [0.2, 0.25) is 0 Å². The van der Waals surface area contributed by atoms with Crippen molar-refractivity contribution in [2.75, 3.05) is 7.11 Å². The van der Waals surface area contributed by atoms with Gasteiger partial charge in [0.1, 0.15) is 0 Å².